The monoisotopic (exact) mass is 219 g/mol. The van der Waals surface area contributed by atoms with E-state index in [4.69, 9.17) is 5.73 Å². The summed E-state index contributed by atoms with van der Waals surface area (Å²) in [7, 11) is 0. The highest BCUT2D eigenvalue weighted by atomic mass is 15.0. The van der Waals surface area contributed by atoms with E-state index in [-0.39, 0.29) is 0 Å². The van der Waals surface area contributed by atoms with Crippen LogP contribution in [0, 0.1) is 11.8 Å². The Morgan fingerprint density at radius 2 is 2.25 bits per heavy atom. The number of nitrogens with two attached hydrogens (primary N) is 1. The van der Waals surface area contributed by atoms with E-state index in [2.05, 4.69) is 24.1 Å². The molecule has 0 bridgehead atoms. The van der Waals surface area contributed by atoms with Crippen molar-refractivity contribution in [2.45, 2.75) is 39.2 Å². The Hall–Kier alpha value is -1.25. The molecule has 3 atom stereocenters. The fraction of sp³-hybridized carbons (Fsp3) is 0.615. The van der Waals surface area contributed by atoms with Gasteiger partial charge >= 0.3 is 0 Å². The zero-order chi connectivity index (χ0) is 11.5. The minimum atomic E-state index is 0.570. The average molecular weight is 219 g/mol. The van der Waals surface area contributed by atoms with Crippen molar-refractivity contribution in [1.29, 1.82) is 0 Å². The summed E-state index contributed by atoms with van der Waals surface area (Å²) in [6, 6.07) is 4.43. The maximum atomic E-state index is 5.62. The van der Waals surface area contributed by atoms with Crippen LogP contribution in [-0.2, 0) is 0 Å². The third kappa shape index (κ3) is 2.29. The number of nitrogens with one attached hydrogen (secondary N) is 1. The molecule has 16 heavy (non-hydrogen) atoms. The third-order valence-electron chi connectivity index (χ3n) is 3.87. The van der Waals surface area contributed by atoms with Gasteiger partial charge in [-0.05, 0) is 36.8 Å². The molecule has 3 nitrogen and oxygen atoms in total. The second kappa shape index (κ2) is 4.73. The zero-order valence-corrected chi connectivity index (χ0v) is 10.1. The lowest BCUT2D eigenvalue weighted by Crippen LogP contribution is -2.25. The van der Waals surface area contributed by atoms with Crippen LogP contribution in [0.25, 0.3) is 0 Å². The van der Waals surface area contributed by atoms with E-state index < -0.39 is 0 Å². The lowest BCUT2D eigenvalue weighted by atomic mass is 9.93. The van der Waals surface area contributed by atoms with Crippen LogP contribution in [0.2, 0.25) is 0 Å². The number of aromatic nitrogens is 1. The first kappa shape index (κ1) is 11.2. The van der Waals surface area contributed by atoms with Crippen LogP contribution < -0.4 is 11.1 Å². The molecule has 0 aromatic carbocycles. The van der Waals surface area contributed by atoms with Gasteiger partial charge in [-0.1, -0.05) is 20.3 Å². The van der Waals surface area contributed by atoms with E-state index in [9.17, 15) is 0 Å². The molecule has 3 heteroatoms. The molecule has 0 amide bonds. The van der Waals surface area contributed by atoms with Crippen LogP contribution in [0.4, 0.5) is 11.5 Å². The van der Waals surface area contributed by atoms with Crippen LogP contribution in [0.5, 0.6) is 0 Å². The van der Waals surface area contributed by atoms with Crippen LogP contribution in [0.1, 0.15) is 33.1 Å². The lowest BCUT2D eigenvalue weighted by molar-refractivity contribution is 0.391. The van der Waals surface area contributed by atoms with Crippen molar-refractivity contribution in [3.63, 3.8) is 0 Å². The summed E-state index contributed by atoms with van der Waals surface area (Å²) in [5, 5.41) is 3.52. The molecule has 1 aromatic heterocycles. The number of hydrogen-bond donors (Lipinski definition) is 2. The van der Waals surface area contributed by atoms with E-state index >= 15 is 0 Å². The number of hydrogen-bond acceptors (Lipinski definition) is 3. The van der Waals surface area contributed by atoms with Crippen LogP contribution in [0.15, 0.2) is 18.3 Å². The molecule has 0 spiro atoms. The molecule has 88 valence electrons. The highest BCUT2D eigenvalue weighted by molar-refractivity contribution is 5.44. The van der Waals surface area contributed by atoms with E-state index in [0.717, 1.165) is 23.3 Å². The van der Waals surface area contributed by atoms with Gasteiger partial charge in [0.25, 0.3) is 0 Å². The molecular weight excluding hydrogens is 198 g/mol. The van der Waals surface area contributed by atoms with Gasteiger partial charge in [0.05, 0.1) is 11.9 Å². The fourth-order valence-corrected chi connectivity index (χ4v) is 2.71. The Balaban J connectivity index is 1.98. The van der Waals surface area contributed by atoms with Crippen LogP contribution in [-0.4, -0.2) is 11.0 Å². The van der Waals surface area contributed by atoms with Gasteiger partial charge in [0.2, 0.25) is 0 Å². The molecule has 3 N–H and O–H groups in total. The molecule has 1 aromatic rings. The first-order valence-electron chi connectivity index (χ1n) is 6.18. The van der Waals surface area contributed by atoms with Crippen LogP contribution >= 0.6 is 0 Å². The standard InChI is InChI=1S/C13H21N3/c1-3-10-4-6-12(9(10)2)16-13-7-5-11(14)8-15-13/h5,7-10,12H,3-4,6,14H2,1-2H3,(H,15,16). The van der Waals surface area contributed by atoms with Crippen molar-refractivity contribution >= 4 is 11.5 Å². The quantitative estimate of drug-likeness (QED) is 0.821. The van der Waals surface area contributed by atoms with Crippen molar-refractivity contribution in [2.75, 3.05) is 11.1 Å². The summed E-state index contributed by atoms with van der Waals surface area (Å²) in [4.78, 5) is 4.29. The number of anilines is 2. The van der Waals surface area contributed by atoms with Gasteiger partial charge in [-0.15, -0.1) is 0 Å². The molecule has 0 saturated heterocycles. The molecule has 1 fully saturated rings. The average Bonchev–Trinajstić information content (AvgIpc) is 2.63. The highest BCUT2D eigenvalue weighted by Crippen LogP contribution is 2.35. The van der Waals surface area contributed by atoms with Crippen molar-refractivity contribution < 1.29 is 0 Å². The Labute approximate surface area is 97.5 Å². The summed E-state index contributed by atoms with van der Waals surface area (Å²) in [6.07, 6.45) is 5.59. The summed E-state index contributed by atoms with van der Waals surface area (Å²) >= 11 is 0. The molecular formula is C13H21N3. The maximum Gasteiger partial charge on any atom is 0.126 e. The zero-order valence-electron chi connectivity index (χ0n) is 10.1. The van der Waals surface area contributed by atoms with Gasteiger partial charge in [-0.3, -0.25) is 0 Å². The molecule has 1 heterocycles. The van der Waals surface area contributed by atoms with Gasteiger partial charge in [-0.25, -0.2) is 4.98 Å². The molecule has 0 aliphatic heterocycles. The molecule has 2 rings (SSSR count). The van der Waals surface area contributed by atoms with Crippen molar-refractivity contribution in [1.82, 2.24) is 4.98 Å². The van der Waals surface area contributed by atoms with Gasteiger partial charge in [0.1, 0.15) is 5.82 Å². The Kier molecular flexibility index (Phi) is 3.32. The molecule has 1 aliphatic rings. The Morgan fingerprint density at radius 1 is 1.44 bits per heavy atom. The smallest absolute Gasteiger partial charge is 0.126 e. The number of nitrogen functional groups attached to an aromatic ring is 1. The first-order chi connectivity index (χ1) is 7.70. The second-order valence-electron chi connectivity index (χ2n) is 4.83. The van der Waals surface area contributed by atoms with Gasteiger partial charge < -0.3 is 11.1 Å². The van der Waals surface area contributed by atoms with Crippen LogP contribution in [0.3, 0.4) is 0 Å². The summed E-state index contributed by atoms with van der Waals surface area (Å²) < 4.78 is 0. The summed E-state index contributed by atoms with van der Waals surface area (Å²) in [5.41, 5.74) is 6.33. The number of pyridine rings is 1. The first-order valence-corrected chi connectivity index (χ1v) is 6.18. The summed E-state index contributed by atoms with van der Waals surface area (Å²) in [6.45, 7) is 4.63. The van der Waals surface area contributed by atoms with Crippen molar-refractivity contribution in [3.05, 3.63) is 18.3 Å². The van der Waals surface area contributed by atoms with E-state index in [0.29, 0.717) is 6.04 Å². The lowest BCUT2D eigenvalue weighted by Gasteiger charge is -2.21. The number of nitrogens with zero attached hydrogens (tertiary/aromatic N) is 1. The van der Waals surface area contributed by atoms with E-state index in [1.165, 1.54) is 19.3 Å². The van der Waals surface area contributed by atoms with Gasteiger partial charge in [-0.2, -0.15) is 0 Å². The SMILES string of the molecule is CCC1CCC(Nc2ccc(N)cn2)C1C. The van der Waals surface area contributed by atoms with E-state index in [1.807, 2.05) is 12.1 Å². The number of rotatable bonds is 3. The van der Waals surface area contributed by atoms with E-state index in [1.54, 1.807) is 6.20 Å². The molecule has 0 radical (unpaired) electrons. The van der Waals surface area contributed by atoms with Crippen molar-refractivity contribution in [2.24, 2.45) is 11.8 Å². The molecule has 3 unspecified atom stereocenters. The highest BCUT2D eigenvalue weighted by Gasteiger charge is 2.31. The minimum Gasteiger partial charge on any atom is -0.397 e. The largest absolute Gasteiger partial charge is 0.397 e. The molecule has 1 aliphatic carbocycles. The second-order valence-corrected chi connectivity index (χ2v) is 4.83. The van der Waals surface area contributed by atoms with Gasteiger partial charge in [0.15, 0.2) is 0 Å². The predicted molar refractivity (Wildman–Crippen MR) is 68.2 cm³/mol. The fourth-order valence-electron chi connectivity index (χ4n) is 2.71. The Bertz CT molecular complexity index is 334. The normalized spacial score (nSPS) is 29.2. The third-order valence-corrected chi connectivity index (χ3v) is 3.87. The van der Waals surface area contributed by atoms with Gasteiger partial charge in [0, 0.05) is 6.04 Å². The topological polar surface area (TPSA) is 50.9 Å². The Morgan fingerprint density at radius 3 is 2.81 bits per heavy atom. The summed E-state index contributed by atoms with van der Waals surface area (Å²) in [5.74, 6) is 2.55. The van der Waals surface area contributed by atoms with Crippen molar-refractivity contribution in [3.8, 4) is 0 Å². The maximum absolute atomic E-state index is 5.62. The predicted octanol–water partition coefficient (Wildman–Crippen LogP) is 2.90. The molecule has 1 saturated carbocycles. The minimum absolute atomic E-state index is 0.570.